The van der Waals surface area contributed by atoms with Gasteiger partial charge in [0.15, 0.2) is 0 Å². The van der Waals surface area contributed by atoms with Crippen molar-refractivity contribution in [2.75, 3.05) is 52.8 Å². The summed E-state index contributed by atoms with van der Waals surface area (Å²) in [5.74, 6) is 2.25. The van der Waals surface area contributed by atoms with Gasteiger partial charge in [-0.05, 0) is 17.6 Å². The van der Waals surface area contributed by atoms with E-state index < -0.39 is 0 Å². The van der Waals surface area contributed by atoms with Gasteiger partial charge in [-0.2, -0.15) is 12.6 Å². The van der Waals surface area contributed by atoms with Crippen LogP contribution >= 0.6 is 12.6 Å². The molecule has 0 radical (unpaired) electrons. The van der Waals surface area contributed by atoms with E-state index in [2.05, 4.69) is 31.4 Å². The van der Waals surface area contributed by atoms with E-state index in [4.69, 9.17) is 9.47 Å². The fraction of sp³-hybridized carbons (Fsp3) is 1.00. The molecule has 0 saturated heterocycles. The quantitative estimate of drug-likeness (QED) is 0.597. The van der Waals surface area contributed by atoms with Crippen molar-refractivity contribution >= 4 is 12.6 Å². The first-order chi connectivity index (χ1) is 7.65. The second-order valence-electron chi connectivity index (χ2n) is 4.47. The van der Waals surface area contributed by atoms with Crippen LogP contribution in [-0.2, 0) is 9.47 Å². The number of thiol groups is 1. The first kappa shape index (κ1) is 16.2. The molecular formula is C12H27NO2S. The van der Waals surface area contributed by atoms with E-state index in [9.17, 15) is 0 Å². The summed E-state index contributed by atoms with van der Waals surface area (Å²) in [6.45, 7) is 9.08. The third-order valence-corrected chi connectivity index (χ3v) is 3.36. The zero-order valence-electron chi connectivity index (χ0n) is 11.1. The van der Waals surface area contributed by atoms with Gasteiger partial charge in [0, 0.05) is 33.9 Å². The van der Waals surface area contributed by atoms with Crippen LogP contribution in [0.2, 0.25) is 0 Å². The third-order valence-electron chi connectivity index (χ3n) is 2.89. The van der Waals surface area contributed by atoms with Gasteiger partial charge in [-0.25, -0.2) is 0 Å². The molecule has 16 heavy (non-hydrogen) atoms. The summed E-state index contributed by atoms with van der Waals surface area (Å²) in [6, 6.07) is 0. The van der Waals surface area contributed by atoms with E-state index in [1.807, 2.05) is 0 Å². The summed E-state index contributed by atoms with van der Waals surface area (Å²) in [4.78, 5) is 2.40. The van der Waals surface area contributed by atoms with Crippen molar-refractivity contribution in [2.24, 2.45) is 11.8 Å². The smallest absolute Gasteiger partial charge is 0.0589 e. The van der Waals surface area contributed by atoms with E-state index >= 15 is 0 Å². The Morgan fingerprint density at radius 1 is 1.06 bits per heavy atom. The number of hydrogen-bond acceptors (Lipinski definition) is 4. The van der Waals surface area contributed by atoms with E-state index in [-0.39, 0.29) is 0 Å². The van der Waals surface area contributed by atoms with Gasteiger partial charge in [0.25, 0.3) is 0 Å². The topological polar surface area (TPSA) is 21.7 Å². The first-order valence-corrected chi connectivity index (χ1v) is 6.60. The van der Waals surface area contributed by atoms with Crippen molar-refractivity contribution in [3.05, 3.63) is 0 Å². The van der Waals surface area contributed by atoms with Gasteiger partial charge >= 0.3 is 0 Å². The van der Waals surface area contributed by atoms with Crippen LogP contribution in [0.15, 0.2) is 0 Å². The molecule has 0 heterocycles. The van der Waals surface area contributed by atoms with Crippen LogP contribution in [0.3, 0.4) is 0 Å². The minimum atomic E-state index is 0.636. The number of ether oxygens (including phenoxy) is 2. The molecule has 0 aromatic carbocycles. The molecule has 0 aliphatic carbocycles. The van der Waals surface area contributed by atoms with Crippen LogP contribution in [0.25, 0.3) is 0 Å². The minimum absolute atomic E-state index is 0.636. The fourth-order valence-corrected chi connectivity index (χ4v) is 2.08. The summed E-state index contributed by atoms with van der Waals surface area (Å²) in [7, 11) is 3.49. The van der Waals surface area contributed by atoms with Crippen LogP contribution in [0.4, 0.5) is 0 Å². The van der Waals surface area contributed by atoms with E-state index in [0.29, 0.717) is 11.8 Å². The number of nitrogens with zero attached hydrogens (tertiary/aromatic N) is 1. The third kappa shape index (κ3) is 7.49. The zero-order valence-corrected chi connectivity index (χ0v) is 12.0. The second kappa shape index (κ2) is 10.4. The molecule has 1 atom stereocenters. The predicted octanol–water partition coefficient (Wildman–Crippen LogP) is 1.78. The van der Waals surface area contributed by atoms with Crippen molar-refractivity contribution in [1.82, 2.24) is 4.90 Å². The van der Waals surface area contributed by atoms with Gasteiger partial charge in [0.1, 0.15) is 0 Å². The average molecular weight is 249 g/mol. The summed E-state index contributed by atoms with van der Waals surface area (Å²) < 4.78 is 10.3. The average Bonchev–Trinajstić information content (AvgIpc) is 2.27. The highest BCUT2D eigenvalue weighted by molar-refractivity contribution is 7.80. The lowest BCUT2D eigenvalue weighted by Gasteiger charge is -2.28. The maximum Gasteiger partial charge on any atom is 0.0589 e. The predicted molar refractivity (Wildman–Crippen MR) is 72.4 cm³/mol. The molecule has 0 aromatic rings. The molecule has 1 unspecified atom stereocenters. The number of rotatable bonds is 10. The molecule has 0 rings (SSSR count). The van der Waals surface area contributed by atoms with Crippen LogP contribution in [0, 0.1) is 11.8 Å². The molecule has 0 amide bonds. The van der Waals surface area contributed by atoms with Crippen molar-refractivity contribution < 1.29 is 9.47 Å². The number of methoxy groups -OCH3 is 2. The van der Waals surface area contributed by atoms with Gasteiger partial charge < -0.3 is 9.47 Å². The fourth-order valence-electron chi connectivity index (χ4n) is 1.55. The summed E-state index contributed by atoms with van der Waals surface area (Å²) in [5.41, 5.74) is 0. The maximum absolute atomic E-state index is 5.13. The Morgan fingerprint density at radius 2 is 1.56 bits per heavy atom. The molecular weight excluding hydrogens is 222 g/mol. The minimum Gasteiger partial charge on any atom is -0.383 e. The number of hydrogen-bond donors (Lipinski definition) is 1. The first-order valence-electron chi connectivity index (χ1n) is 5.96. The van der Waals surface area contributed by atoms with Crippen LogP contribution in [0.1, 0.15) is 13.8 Å². The Kier molecular flexibility index (Phi) is 10.5. The van der Waals surface area contributed by atoms with Crippen molar-refractivity contribution in [3.63, 3.8) is 0 Å². The Labute approximate surface area is 106 Å². The van der Waals surface area contributed by atoms with Gasteiger partial charge in [-0.1, -0.05) is 13.8 Å². The van der Waals surface area contributed by atoms with Gasteiger partial charge in [-0.15, -0.1) is 0 Å². The standard InChI is InChI=1S/C12H27NO2S/c1-11(2)12(10-16)9-13(5-7-14-3)6-8-15-4/h11-12,16H,5-10H2,1-4H3. The summed E-state index contributed by atoms with van der Waals surface area (Å²) in [5, 5.41) is 0. The van der Waals surface area contributed by atoms with Gasteiger partial charge in [-0.3, -0.25) is 4.90 Å². The lowest BCUT2D eigenvalue weighted by molar-refractivity contribution is 0.101. The molecule has 0 spiro atoms. The molecule has 0 fully saturated rings. The SMILES string of the molecule is COCCN(CCOC)CC(CS)C(C)C. The summed E-state index contributed by atoms with van der Waals surface area (Å²) in [6.07, 6.45) is 0. The lowest BCUT2D eigenvalue weighted by atomic mass is 9.97. The molecule has 0 N–H and O–H groups in total. The largest absolute Gasteiger partial charge is 0.383 e. The molecule has 0 saturated carbocycles. The molecule has 0 aliphatic heterocycles. The highest BCUT2D eigenvalue weighted by Crippen LogP contribution is 2.14. The molecule has 4 heteroatoms. The van der Waals surface area contributed by atoms with E-state index in [0.717, 1.165) is 38.6 Å². The van der Waals surface area contributed by atoms with E-state index in [1.54, 1.807) is 14.2 Å². The highest BCUT2D eigenvalue weighted by atomic mass is 32.1. The summed E-state index contributed by atoms with van der Waals surface area (Å²) >= 11 is 4.42. The van der Waals surface area contributed by atoms with Crippen LogP contribution < -0.4 is 0 Å². The Bertz CT molecular complexity index is 148. The zero-order chi connectivity index (χ0) is 12.4. The van der Waals surface area contributed by atoms with Crippen molar-refractivity contribution in [1.29, 1.82) is 0 Å². The molecule has 0 aromatic heterocycles. The Hall–Kier alpha value is 0.230. The second-order valence-corrected chi connectivity index (χ2v) is 4.84. The Balaban J connectivity index is 4.04. The van der Waals surface area contributed by atoms with E-state index in [1.165, 1.54) is 0 Å². The lowest BCUT2D eigenvalue weighted by Crippen LogP contribution is -2.37. The molecule has 3 nitrogen and oxygen atoms in total. The molecule has 0 bridgehead atoms. The van der Waals surface area contributed by atoms with Crippen molar-refractivity contribution in [3.8, 4) is 0 Å². The highest BCUT2D eigenvalue weighted by Gasteiger charge is 2.15. The van der Waals surface area contributed by atoms with Crippen LogP contribution in [0.5, 0.6) is 0 Å². The monoisotopic (exact) mass is 249 g/mol. The van der Waals surface area contributed by atoms with Crippen molar-refractivity contribution in [2.45, 2.75) is 13.8 Å². The molecule has 98 valence electrons. The Morgan fingerprint density at radius 3 is 1.88 bits per heavy atom. The van der Waals surface area contributed by atoms with Gasteiger partial charge in [0.05, 0.1) is 13.2 Å². The molecule has 0 aliphatic rings. The van der Waals surface area contributed by atoms with Gasteiger partial charge in [0.2, 0.25) is 0 Å². The maximum atomic E-state index is 5.13. The van der Waals surface area contributed by atoms with Crippen LogP contribution in [-0.4, -0.2) is 57.7 Å². The normalized spacial score (nSPS) is 13.7.